The highest BCUT2D eigenvalue weighted by Crippen LogP contribution is 2.41. The summed E-state index contributed by atoms with van der Waals surface area (Å²) in [4.78, 5) is 15.1. The van der Waals surface area contributed by atoms with Gasteiger partial charge in [0.25, 0.3) is 0 Å². The van der Waals surface area contributed by atoms with Crippen molar-refractivity contribution in [2.24, 2.45) is 5.10 Å². The van der Waals surface area contributed by atoms with Gasteiger partial charge in [-0.25, -0.2) is 4.79 Å². The number of hydrogen-bond donors (Lipinski definition) is 1. The van der Waals surface area contributed by atoms with Gasteiger partial charge in [-0.1, -0.05) is 29.8 Å². The first kappa shape index (κ1) is 17.3. The number of nitrogens with one attached hydrogen (secondary N) is 1. The Morgan fingerprint density at radius 2 is 1.93 bits per heavy atom. The molecule has 3 heterocycles. The van der Waals surface area contributed by atoms with Gasteiger partial charge in [-0.15, -0.1) is 0 Å². The lowest BCUT2D eigenvalue weighted by molar-refractivity contribution is 0.548. The van der Waals surface area contributed by atoms with Crippen molar-refractivity contribution in [1.29, 1.82) is 0 Å². The maximum atomic E-state index is 12.6. The minimum Gasteiger partial charge on any atom is -0.422 e. The Morgan fingerprint density at radius 3 is 2.75 bits per heavy atom. The summed E-state index contributed by atoms with van der Waals surface area (Å²) in [6.07, 6.45) is 5.60. The molecule has 0 unspecified atom stereocenters. The molecule has 0 radical (unpaired) electrons. The van der Waals surface area contributed by atoms with Gasteiger partial charge in [0.1, 0.15) is 5.58 Å². The maximum Gasteiger partial charge on any atom is 0.346 e. The standard InChI is InChI=1S/C22H20ClN3O2/c23-19-17-12-14-6-4-10-26-11-5-9-16(20(14)26)21(17)28-22(27)18(19)13-24-25-15-7-2-1-3-8-15/h1-3,7-8,12-13,25H,4-6,9-11H2. The highest BCUT2D eigenvalue weighted by Gasteiger charge is 2.28. The molecule has 0 amide bonds. The monoisotopic (exact) mass is 393 g/mol. The Labute approximate surface area is 167 Å². The lowest BCUT2D eigenvalue weighted by Gasteiger charge is -2.37. The highest BCUT2D eigenvalue weighted by molar-refractivity contribution is 6.37. The second-order valence-corrected chi connectivity index (χ2v) is 7.66. The number of fused-ring (bicyclic) bond motifs is 2. The normalized spacial score (nSPS) is 15.8. The number of rotatable bonds is 3. The molecule has 142 valence electrons. The summed E-state index contributed by atoms with van der Waals surface area (Å²) in [5, 5.41) is 5.38. The number of aryl methyl sites for hydroxylation is 2. The Balaban J connectivity index is 1.61. The van der Waals surface area contributed by atoms with Gasteiger partial charge in [0.15, 0.2) is 0 Å². The fourth-order valence-electron chi connectivity index (χ4n) is 4.29. The summed E-state index contributed by atoms with van der Waals surface area (Å²) in [6.45, 7) is 2.14. The number of benzene rings is 2. The van der Waals surface area contributed by atoms with E-state index in [1.807, 2.05) is 30.3 Å². The van der Waals surface area contributed by atoms with Crippen molar-refractivity contribution in [3.05, 3.63) is 68.5 Å². The zero-order valence-electron chi connectivity index (χ0n) is 15.4. The van der Waals surface area contributed by atoms with Gasteiger partial charge in [0.05, 0.1) is 22.5 Å². The molecule has 28 heavy (non-hydrogen) atoms. The molecule has 0 bridgehead atoms. The van der Waals surface area contributed by atoms with Crippen LogP contribution in [0, 0.1) is 0 Å². The van der Waals surface area contributed by atoms with Gasteiger partial charge in [-0.05, 0) is 49.4 Å². The van der Waals surface area contributed by atoms with E-state index in [1.165, 1.54) is 17.5 Å². The maximum absolute atomic E-state index is 12.6. The second-order valence-electron chi connectivity index (χ2n) is 7.29. The van der Waals surface area contributed by atoms with Crippen LogP contribution >= 0.6 is 11.6 Å². The topological polar surface area (TPSA) is 57.8 Å². The third kappa shape index (κ3) is 2.87. The van der Waals surface area contributed by atoms with Gasteiger partial charge < -0.3 is 9.32 Å². The Hall–Kier alpha value is -2.79. The van der Waals surface area contributed by atoms with Crippen LogP contribution in [0.5, 0.6) is 0 Å². The van der Waals surface area contributed by atoms with Crippen LogP contribution < -0.4 is 16.0 Å². The third-order valence-electron chi connectivity index (χ3n) is 5.52. The molecule has 2 aliphatic heterocycles. The number of halogens is 1. The zero-order chi connectivity index (χ0) is 19.1. The predicted molar refractivity (Wildman–Crippen MR) is 114 cm³/mol. The van der Waals surface area contributed by atoms with Crippen molar-refractivity contribution in [3.63, 3.8) is 0 Å². The Morgan fingerprint density at radius 1 is 1.14 bits per heavy atom. The van der Waals surface area contributed by atoms with Crippen molar-refractivity contribution >= 4 is 40.2 Å². The number of hydrogen-bond acceptors (Lipinski definition) is 5. The lowest BCUT2D eigenvalue weighted by Crippen LogP contribution is -2.34. The molecular weight excluding hydrogens is 374 g/mol. The van der Waals surface area contributed by atoms with Crippen LogP contribution in [0.25, 0.3) is 11.0 Å². The smallest absolute Gasteiger partial charge is 0.346 e. The molecule has 0 spiro atoms. The van der Waals surface area contributed by atoms with E-state index in [1.54, 1.807) is 0 Å². The molecule has 0 aliphatic carbocycles. The van der Waals surface area contributed by atoms with Gasteiger partial charge in [-0.3, -0.25) is 5.43 Å². The largest absolute Gasteiger partial charge is 0.422 e. The molecular formula is C22H20ClN3O2. The lowest BCUT2D eigenvalue weighted by atomic mass is 9.90. The predicted octanol–water partition coefficient (Wildman–Crippen LogP) is 4.59. The van der Waals surface area contributed by atoms with E-state index in [-0.39, 0.29) is 5.56 Å². The number of nitrogens with zero attached hydrogens (tertiary/aromatic N) is 2. The first-order valence-corrected chi connectivity index (χ1v) is 10.0. The first-order chi connectivity index (χ1) is 13.7. The first-order valence-electron chi connectivity index (χ1n) is 9.62. The third-order valence-corrected chi connectivity index (χ3v) is 5.93. The molecule has 1 N–H and O–H groups in total. The number of para-hydroxylation sites is 1. The van der Waals surface area contributed by atoms with Crippen molar-refractivity contribution in [2.75, 3.05) is 23.4 Å². The van der Waals surface area contributed by atoms with E-state index in [2.05, 4.69) is 21.5 Å². The molecule has 1 aromatic heterocycles. The van der Waals surface area contributed by atoms with Crippen LogP contribution in [0.15, 0.2) is 50.7 Å². The van der Waals surface area contributed by atoms with Crippen molar-refractivity contribution < 1.29 is 4.42 Å². The molecule has 0 saturated carbocycles. The Bertz CT molecular complexity index is 1140. The van der Waals surface area contributed by atoms with Gasteiger partial charge in [0, 0.05) is 29.7 Å². The number of hydrazone groups is 1. The molecule has 0 fully saturated rings. The van der Waals surface area contributed by atoms with E-state index >= 15 is 0 Å². The molecule has 0 atom stereocenters. The van der Waals surface area contributed by atoms with Gasteiger partial charge in [-0.2, -0.15) is 5.10 Å². The van der Waals surface area contributed by atoms with Crippen LogP contribution in [-0.4, -0.2) is 19.3 Å². The minimum atomic E-state index is -0.458. The average Bonchev–Trinajstić information content (AvgIpc) is 2.72. The van der Waals surface area contributed by atoms with Crippen LogP contribution in [-0.2, 0) is 12.8 Å². The SMILES string of the molecule is O=c1oc2c3c4c(cc2c(Cl)c1C=NNc1ccccc1)CCCN4CCC3. The molecule has 0 saturated heterocycles. The molecule has 2 aliphatic rings. The van der Waals surface area contributed by atoms with Crippen LogP contribution in [0.4, 0.5) is 11.4 Å². The van der Waals surface area contributed by atoms with Crippen molar-refractivity contribution in [1.82, 2.24) is 0 Å². The van der Waals surface area contributed by atoms with Gasteiger partial charge in [0.2, 0.25) is 0 Å². The van der Waals surface area contributed by atoms with E-state index in [0.717, 1.165) is 55.4 Å². The fraction of sp³-hybridized carbons (Fsp3) is 0.273. The summed E-state index contributed by atoms with van der Waals surface area (Å²) in [5.41, 5.74) is 7.87. The second kappa shape index (κ2) is 6.99. The minimum absolute atomic E-state index is 0.272. The fourth-order valence-corrected chi connectivity index (χ4v) is 4.55. The van der Waals surface area contributed by atoms with Crippen LogP contribution in [0.1, 0.15) is 29.5 Å². The molecule has 5 nitrogen and oxygen atoms in total. The van der Waals surface area contributed by atoms with E-state index in [4.69, 9.17) is 16.0 Å². The summed E-state index contributed by atoms with van der Waals surface area (Å²) in [7, 11) is 0. The Kier molecular flexibility index (Phi) is 4.32. The number of anilines is 2. The summed E-state index contributed by atoms with van der Waals surface area (Å²) in [6, 6.07) is 11.6. The average molecular weight is 394 g/mol. The molecule has 3 aromatic rings. The van der Waals surface area contributed by atoms with Crippen molar-refractivity contribution in [3.8, 4) is 0 Å². The zero-order valence-corrected chi connectivity index (χ0v) is 16.1. The summed E-state index contributed by atoms with van der Waals surface area (Å²) >= 11 is 6.66. The van der Waals surface area contributed by atoms with Crippen LogP contribution in [0.3, 0.4) is 0 Å². The van der Waals surface area contributed by atoms with E-state index in [9.17, 15) is 4.79 Å². The molecule has 6 heteroatoms. The summed E-state index contributed by atoms with van der Waals surface area (Å²) < 4.78 is 5.76. The van der Waals surface area contributed by atoms with E-state index < -0.39 is 5.63 Å². The molecule has 5 rings (SSSR count). The van der Waals surface area contributed by atoms with Crippen molar-refractivity contribution in [2.45, 2.75) is 25.7 Å². The molecule has 2 aromatic carbocycles. The summed E-state index contributed by atoms with van der Waals surface area (Å²) in [5.74, 6) is 0. The highest BCUT2D eigenvalue weighted by atomic mass is 35.5. The van der Waals surface area contributed by atoms with Gasteiger partial charge >= 0.3 is 5.63 Å². The van der Waals surface area contributed by atoms with Crippen LogP contribution in [0.2, 0.25) is 5.02 Å². The van der Waals surface area contributed by atoms with E-state index in [0.29, 0.717) is 10.6 Å². The quantitative estimate of drug-likeness (QED) is 0.401.